The van der Waals surface area contributed by atoms with Crippen LogP contribution in [0.25, 0.3) is 0 Å². The van der Waals surface area contributed by atoms with E-state index in [4.69, 9.17) is 4.74 Å². The van der Waals surface area contributed by atoms with Gasteiger partial charge in [-0.25, -0.2) is 0 Å². The van der Waals surface area contributed by atoms with Gasteiger partial charge in [-0.2, -0.15) is 0 Å². The average molecular weight is 370 g/mol. The number of nitrogens with zero attached hydrogens (tertiary/aromatic N) is 2. The Kier molecular flexibility index (Phi) is 5.14. The highest BCUT2D eigenvalue weighted by Crippen LogP contribution is 2.32. The number of benzene rings is 1. The van der Waals surface area contributed by atoms with Crippen molar-refractivity contribution >= 4 is 23.5 Å². The topological polar surface area (TPSA) is 66.9 Å². The first-order chi connectivity index (χ1) is 13.1. The van der Waals surface area contributed by atoms with Gasteiger partial charge in [0.25, 0.3) is 5.91 Å². The zero-order valence-electron chi connectivity index (χ0n) is 15.6. The molecule has 1 saturated heterocycles. The zero-order valence-corrected chi connectivity index (χ0v) is 15.6. The fourth-order valence-electron chi connectivity index (χ4n) is 4.05. The van der Waals surface area contributed by atoms with Crippen molar-refractivity contribution in [3.63, 3.8) is 0 Å². The summed E-state index contributed by atoms with van der Waals surface area (Å²) in [6, 6.07) is 7.89. The minimum absolute atomic E-state index is 0.170. The highest BCUT2D eigenvalue weighted by atomic mass is 16.5. The van der Waals surface area contributed by atoms with Gasteiger partial charge in [-0.05, 0) is 50.2 Å². The number of aryl methyl sites for hydroxylation is 1. The van der Waals surface area contributed by atoms with E-state index >= 15 is 0 Å². The Morgan fingerprint density at radius 3 is 2.44 bits per heavy atom. The monoisotopic (exact) mass is 370 g/mol. The lowest BCUT2D eigenvalue weighted by Gasteiger charge is -2.31. The number of hydrogen-bond acceptors (Lipinski definition) is 4. The number of para-hydroxylation sites is 1. The molecule has 2 heterocycles. The summed E-state index contributed by atoms with van der Waals surface area (Å²) < 4.78 is 5.33. The smallest absolute Gasteiger partial charge is 0.309 e. The van der Waals surface area contributed by atoms with Crippen LogP contribution < -0.4 is 4.90 Å². The van der Waals surface area contributed by atoms with Crippen LogP contribution in [0.3, 0.4) is 0 Å². The van der Waals surface area contributed by atoms with Crippen LogP contribution in [0.1, 0.15) is 37.7 Å². The Bertz CT molecular complexity index is 735. The number of esters is 1. The first kappa shape index (κ1) is 18.0. The van der Waals surface area contributed by atoms with Gasteiger partial charge in [0.2, 0.25) is 5.91 Å². The summed E-state index contributed by atoms with van der Waals surface area (Å²) in [7, 11) is 0. The van der Waals surface area contributed by atoms with Crippen LogP contribution in [0.5, 0.6) is 0 Å². The van der Waals surface area contributed by atoms with E-state index in [2.05, 4.69) is 0 Å². The molecular weight excluding hydrogens is 344 g/mol. The summed E-state index contributed by atoms with van der Waals surface area (Å²) in [4.78, 5) is 40.6. The Morgan fingerprint density at radius 2 is 1.70 bits per heavy atom. The predicted octanol–water partition coefficient (Wildman–Crippen LogP) is 2.16. The fraction of sp³-hybridized carbons (Fsp3) is 0.571. The van der Waals surface area contributed by atoms with Crippen LogP contribution in [-0.2, 0) is 25.5 Å². The number of carbonyl (C=O) groups excluding carboxylic acids is 3. The van der Waals surface area contributed by atoms with Crippen molar-refractivity contribution in [1.29, 1.82) is 0 Å². The summed E-state index contributed by atoms with van der Waals surface area (Å²) in [5, 5.41) is 0. The van der Waals surface area contributed by atoms with Gasteiger partial charge in [0, 0.05) is 31.2 Å². The molecule has 1 saturated carbocycles. The van der Waals surface area contributed by atoms with Crippen LogP contribution in [-0.4, -0.2) is 48.9 Å². The SMILES string of the molecule is O=C(OCC(=O)N1CCCc2ccccc21)C1CCN(C(=O)C2CC2)CC1. The average Bonchev–Trinajstić information content (AvgIpc) is 3.56. The maximum Gasteiger partial charge on any atom is 0.309 e. The molecule has 6 heteroatoms. The number of carbonyl (C=O) groups is 3. The minimum Gasteiger partial charge on any atom is -0.455 e. The molecule has 0 aromatic heterocycles. The van der Waals surface area contributed by atoms with E-state index in [0.29, 0.717) is 32.5 Å². The lowest BCUT2D eigenvalue weighted by atomic mass is 9.96. The highest BCUT2D eigenvalue weighted by molar-refractivity contribution is 5.96. The minimum atomic E-state index is -0.313. The Labute approximate surface area is 159 Å². The van der Waals surface area contributed by atoms with Crippen molar-refractivity contribution in [3.8, 4) is 0 Å². The molecule has 2 amide bonds. The summed E-state index contributed by atoms with van der Waals surface area (Å²) in [5.41, 5.74) is 2.09. The number of likely N-dealkylation sites (tertiary alicyclic amines) is 1. The van der Waals surface area contributed by atoms with Crippen molar-refractivity contribution in [1.82, 2.24) is 4.90 Å². The van der Waals surface area contributed by atoms with Gasteiger partial charge >= 0.3 is 5.97 Å². The van der Waals surface area contributed by atoms with Gasteiger partial charge < -0.3 is 14.5 Å². The van der Waals surface area contributed by atoms with Gasteiger partial charge in [-0.1, -0.05) is 18.2 Å². The normalized spacial score (nSPS) is 20.1. The number of fused-ring (bicyclic) bond motifs is 1. The van der Waals surface area contributed by atoms with Gasteiger partial charge in [0.1, 0.15) is 0 Å². The van der Waals surface area contributed by atoms with Crippen molar-refractivity contribution in [3.05, 3.63) is 29.8 Å². The van der Waals surface area contributed by atoms with E-state index in [1.807, 2.05) is 29.2 Å². The number of anilines is 1. The summed E-state index contributed by atoms with van der Waals surface area (Å²) in [6.07, 6.45) is 5.14. The third-order valence-corrected chi connectivity index (χ3v) is 5.82. The largest absolute Gasteiger partial charge is 0.455 e. The van der Waals surface area contributed by atoms with Gasteiger partial charge in [0.15, 0.2) is 6.61 Å². The number of rotatable bonds is 4. The zero-order chi connectivity index (χ0) is 18.8. The quantitative estimate of drug-likeness (QED) is 0.762. The lowest BCUT2D eigenvalue weighted by molar-refractivity contribution is -0.154. The molecule has 6 nitrogen and oxygen atoms in total. The first-order valence-electron chi connectivity index (χ1n) is 9.97. The predicted molar refractivity (Wildman–Crippen MR) is 100 cm³/mol. The van der Waals surface area contributed by atoms with Crippen molar-refractivity contribution in [2.75, 3.05) is 31.1 Å². The molecule has 1 aromatic carbocycles. The lowest BCUT2D eigenvalue weighted by Crippen LogP contribution is -2.42. The second-order valence-corrected chi connectivity index (χ2v) is 7.76. The second-order valence-electron chi connectivity index (χ2n) is 7.76. The number of ether oxygens (including phenoxy) is 1. The molecule has 0 atom stereocenters. The van der Waals surface area contributed by atoms with Crippen LogP contribution in [0.2, 0.25) is 0 Å². The van der Waals surface area contributed by atoms with Crippen LogP contribution in [0.4, 0.5) is 5.69 Å². The molecule has 2 fully saturated rings. The summed E-state index contributed by atoms with van der Waals surface area (Å²) in [6.45, 7) is 1.68. The Morgan fingerprint density at radius 1 is 0.963 bits per heavy atom. The maximum absolute atomic E-state index is 12.6. The van der Waals surface area contributed by atoms with Crippen LogP contribution in [0.15, 0.2) is 24.3 Å². The third kappa shape index (κ3) is 3.99. The van der Waals surface area contributed by atoms with Gasteiger partial charge in [-0.3, -0.25) is 14.4 Å². The molecule has 27 heavy (non-hydrogen) atoms. The molecular formula is C21H26N2O4. The Balaban J connectivity index is 1.26. The third-order valence-electron chi connectivity index (χ3n) is 5.82. The molecule has 0 N–H and O–H groups in total. The van der Waals surface area contributed by atoms with Crippen molar-refractivity contribution in [2.24, 2.45) is 11.8 Å². The second kappa shape index (κ2) is 7.71. The Hall–Kier alpha value is -2.37. The molecule has 0 bridgehead atoms. The molecule has 1 aromatic rings. The van der Waals surface area contributed by atoms with Gasteiger partial charge in [0.05, 0.1) is 5.92 Å². The molecule has 2 aliphatic heterocycles. The number of amides is 2. The molecule has 144 valence electrons. The number of hydrogen-bond donors (Lipinski definition) is 0. The van der Waals surface area contributed by atoms with E-state index in [1.54, 1.807) is 4.90 Å². The molecule has 0 radical (unpaired) electrons. The standard InChI is InChI=1S/C21H26N2O4/c24-19(23-11-3-5-15-4-1-2-6-18(15)23)14-27-21(26)17-9-12-22(13-10-17)20(25)16-7-8-16/h1-2,4,6,16-17H,3,5,7-14H2. The first-order valence-corrected chi connectivity index (χ1v) is 9.97. The van der Waals surface area contributed by atoms with E-state index in [0.717, 1.165) is 36.9 Å². The van der Waals surface area contributed by atoms with Crippen molar-refractivity contribution in [2.45, 2.75) is 38.5 Å². The van der Waals surface area contributed by atoms with Crippen LogP contribution >= 0.6 is 0 Å². The van der Waals surface area contributed by atoms with Crippen LogP contribution in [0, 0.1) is 11.8 Å². The van der Waals surface area contributed by atoms with E-state index in [9.17, 15) is 14.4 Å². The maximum atomic E-state index is 12.6. The molecule has 3 aliphatic rings. The fourth-order valence-corrected chi connectivity index (χ4v) is 4.05. The summed E-state index contributed by atoms with van der Waals surface area (Å²) in [5.74, 6) is -0.238. The highest BCUT2D eigenvalue weighted by Gasteiger charge is 2.36. The molecule has 4 rings (SSSR count). The summed E-state index contributed by atoms with van der Waals surface area (Å²) >= 11 is 0. The van der Waals surface area contributed by atoms with Crippen molar-refractivity contribution < 1.29 is 19.1 Å². The molecule has 1 aliphatic carbocycles. The van der Waals surface area contributed by atoms with Gasteiger partial charge in [-0.15, -0.1) is 0 Å². The van der Waals surface area contributed by atoms with E-state index < -0.39 is 0 Å². The number of piperidine rings is 1. The molecule has 0 unspecified atom stereocenters. The molecule has 0 spiro atoms. The van der Waals surface area contributed by atoms with E-state index in [-0.39, 0.29) is 36.2 Å². The van der Waals surface area contributed by atoms with E-state index in [1.165, 1.54) is 0 Å².